The maximum Gasteiger partial charge on any atom is 0.340 e. The summed E-state index contributed by atoms with van der Waals surface area (Å²) < 4.78 is 7.13. The first-order valence-corrected chi connectivity index (χ1v) is 12.0. The van der Waals surface area contributed by atoms with E-state index in [1.807, 2.05) is 13.0 Å². The normalized spacial score (nSPS) is 10.8. The number of rotatable bonds is 7. The van der Waals surface area contributed by atoms with E-state index in [1.54, 1.807) is 43.5 Å². The van der Waals surface area contributed by atoms with E-state index in [2.05, 4.69) is 25.8 Å². The van der Waals surface area contributed by atoms with Crippen LogP contribution in [0.25, 0.3) is 5.65 Å². The standard InChI is InChI=1S/C22H20N6O4S2/c1-3-32-19(30)15-8-4-5-9-16(15)24-20(31)25-21-26-27-22(34-21)33-12-14-11-17(29)28-10-6-7-13(2)18(28)23-14/h4-11H,3,12H2,1-2H3,(H2,24,25,26,31). The van der Waals surface area contributed by atoms with Gasteiger partial charge in [-0.05, 0) is 37.6 Å². The highest BCUT2D eigenvalue weighted by Crippen LogP contribution is 2.28. The van der Waals surface area contributed by atoms with Crippen molar-refractivity contribution in [2.45, 2.75) is 23.9 Å². The number of para-hydroxylation sites is 1. The number of amides is 2. The van der Waals surface area contributed by atoms with Crippen molar-refractivity contribution < 1.29 is 14.3 Å². The first kappa shape index (κ1) is 23.4. The molecular formula is C22H20N6O4S2. The zero-order valence-corrected chi connectivity index (χ0v) is 19.9. The number of pyridine rings is 1. The van der Waals surface area contributed by atoms with Crippen LogP contribution in [0.5, 0.6) is 0 Å². The lowest BCUT2D eigenvalue weighted by atomic mass is 10.2. The molecule has 0 unspecified atom stereocenters. The quantitative estimate of drug-likeness (QED) is 0.224. The van der Waals surface area contributed by atoms with Crippen LogP contribution in [-0.4, -0.2) is 38.2 Å². The van der Waals surface area contributed by atoms with Crippen molar-refractivity contribution in [3.63, 3.8) is 0 Å². The Hall–Kier alpha value is -3.77. The van der Waals surface area contributed by atoms with Gasteiger partial charge >= 0.3 is 12.0 Å². The summed E-state index contributed by atoms with van der Waals surface area (Å²) in [5.41, 5.74) is 2.57. The minimum Gasteiger partial charge on any atom is -0.462 e. The van der Waals surface area contributed by atoms with Gasteiger partial charge in [0.15, 0.2) is 4.34 Å². The van der Waals surface area contributed by atoms with Crippen LogP contribution in [0, 0.1) is 6.92 Å². The van der Waals surface area contributed by atoms with E-state index >= 15 is 0 Å². The van der Waals surface area contributed by atoms with Crippen molar-refractivity contribution in [3.05, 3.63) is 75.8 Å². The number of carbonyl (C=O) groups is 2. The Kier molecular flexibility index (Phi) is 7.18. The molecular weight excluding hydrogens is 476 g/mol. The van der Waals surface area contributed by atoms with Crippen LogP contribution in [-0.2, 0) is 10.5 Å². The fourth-order valence-corrected chi connectivity index (χ4v) is 4.71. The van der Waals surface area contributed by atoms with Gasteiger partial charge in [-0.15, -0.1) is 10.2 Å². The third kappa shape index (κ3) is 5.41. The largest absolute Gasteiger partial charge is 0.462 e. The molecule has 4 aromatic rings. The summed E-state index contributed by atoms with van der Waals surface area (Å²) in [4.78, 5) is 41.4. The predicted octanol–water partition coefficient (Wildman–Crippen LogP) is 3.97. The van der Waals surface area contributed by atoms with Crippen molar-refractivity contribution in [2.24, 2.45) is 0 Å². The summed E-state index contributed by atoms with van der Waals surface area (Å²) in [6.45, 7) is 3.84. The summed E-state index contributed by atoms with van der Waals surface area (Å²) in [5, 5.41) is 13.6. The third-order valence-electron chi connectivity index (χ3n) is 4.58. The van der Waals surface area contributed by atoms with Gasteiger partial charge in [0.25, 0.3) is 5.56 Å². The van der Waals surface area contributed by atoms with Crippen molar-refractivity contribution >= 4 is 51.6 Å². The van der Waals surface area contributed by atoms with Crippen LogP contribution in [0.3, 0.4) is 0 Å². The molecule has 2 amide bonds. The Morgan fingerprint density at radius 1 is 1.15 bits per heavy atom. The number of aromatic nitrogens is 4. The second kappa shape index (κ2) is 10.4. The van der Waals surface area contributed by atoms with Gasteiger partial charge in [0.1, 0.15) is 5.65 Å². The fraction of sp³-hybridized carbons (Fsp3) is 0.182. The number of hydrogen-bond donors (Lipinski definition) is 2. The molecule has 34 heavy (non-hydrogen) atoms. The first-order valence-electron chi connectivity index (χ1n) is 10.2. The molecule has 0 fully saturated rings. The van der Waals surface area contributed by atoms with Gasteiger partial charge in [-0.1, -0.05) is 41.3 Å². The highest BCUT2D eigenvalue weighted by atomic mass is 32.2. The molecule has 2 N–H and O–H groups in total. The van der Waals surface area contributed by atoms with Gasteiger partial charge in [0.2, 0.25) is 5.13 Å². The summed E-state index contributed by atoms with van der Waals surface area (Å²) in [6.07, 6.45) is 1.69. The monoisotopic (exact) mass is 496 g/mol. The van der Waals surface area contributed by atoms with Crippen molar-refractivity contribution in [1.29, 1.82) is 0 Å². The molecule has 4 rings (SSSR count). The Morgan fingerprint density at radius 3 is 2.79 bits per heavy atom. The van der Waals surface area contributed by atoms with E-state index in [0.29, 0.717) is 27.1 Å². The van der Waals surface area contributed by atoms with E-state index in [1.165, 1.54) is 33.6 Å². The van der Waals surface area contributed by atoms with Crippen LogP contribution in [0.15, 0.2) is 57.8 Å². The van der Waals surface area contributed by atoms with Crippen molar-refractivity contribution in [2.75, 3.05) is 17.2 Å². The Bertz CT molecular complexity index is 1420. The molecule has 3 heterocycles. The molecule has 0 bridgehead atoms. The minimum atomic E-state index is -0.566. The highest BCUT2D eigenvalue weighted by Gasteiger charge is 2.15. The van der Waals surface area contributed by atoms with E-state index in [9.17, 15) is 14.4 Å². The van der Waals surface area contributed by atoms with Crippen LogP contribution in [0.2, 0.25) is 0 Å². The van der Waals surface area contributed by atoms with E-state index in [0.717, 1.165) is 5.56 Å². The molecule has 174 valence electrons. The maximum absolute atomic E-state index is 12.4. The van der Waals surface area contributed by atoms with E-state index < -0.39 is 12.0 Å². The minimum absolute atomic E-state index is 0.149. The molecule has 0 spiro atoms. The Morgan fingerprint density at radius 2 is 1.97 bits per heavy atom. The second-order valence-corrected chi connectivity index (χ2v) is 9.18. The van der Waals surface area contributed by atoms with E-state index in [4.69, 9.17) is 4.74 Å². The van der Waals surface area contributed by atoms with Crippen LogP contribution < -0.4 is 16.2 Å². The average Bonchev–Trinajstić information content (AvgIpc) is 3.26. The number of nitrogens with zero attached hydrogens (tertiary/aromatic N) is 4. The Balaban J connectivity index is 1.39. The molecule has 0 saturated heterocycles. The highest BCUT2D eigenvalue weighted by molar-refractivity contribution is 8.00. The Labute approximate surface area is 202 Å². The average molecular weight is 497 g/mol. The van der Waals surface area contributed by atoms with E-state index in [-0.39, 0.29) is 22.9 Å². The maximum atomic E-state index is 12.4. The molecule has 0 atom stereocenters. The number of esters is 1. The number of aryl methyl sites for hydroxylation is 1. The van der Waals surface area contributed by atoms with Gasteiger partial charge in [0.05, 0.1) is 23.6 Å². The van der Waals surface area contributed by atoms with Crippen molar-refractivity contribution in [1.82, 2.24) is 19.6 Å². The summed E-state index contributed by atoms with van der Waals surface area (Å²) >= 11 is 2.55. The number of anilines is 2. The molecule has 3 aromatic heterocycles. The van der Waals surface area contributed by atoms with Gasteiger partial charge in [0, 0.05) is 18.0 Å². The smallest absolute Gasteiger partial charge is 0.340 e. The van der Waals surface area contributed by atoms with Crippen LogP contribution in [0.4, 0.5) is 15.6 Å². The number of benzene rings is 1. The lowest BCUT2D eigenvalue weighted by Gasteiger charge is -2.10. The lowest BCUT2D eigenvalue weighted by molar-refractivity contribution is 0.0527. The second-order valence-electron chi connectivity index (χ2n) is 6.98. The van der Waals surface area contributed by atoms with Crippen molar-refractivity contribution in [3.8, 4) is 0 Å². The number of fused-ring (bicyclic) bond motifs is 1. The molecule has 0 aliphatic carbocycles. The molecule has 0 saturated carbocycles. The van der Waals surface area contributed by atoms with Gasteiger partial charge in [-0.3, -0.25) is 14.5 Å². The molecule has 0 aliphatic heterocycles. The molecule has 0 aliphatic rings. The number of thioether (sulfide) groups is 1. The fourth-order valence-electron chi connectivity index (χ4n) is 3.07. The van der Waals surface area contributed by atoms with Gasteiger partial charge in [-0.2, -0.15) is 0 Å². The number of carbonyl (C=O) groups excluding carboxylic acids is 2. The zero-order chi connectivity index (χ0) is 24.1. The number of ether oxygens (including phenoxy) is 1. The van der Waals surface area contributed by atoms with Crippen LogP contribution >= 0.6 is 23.1 Å². The number of hydrogen-bond acceptors (Lipinski definition) is 9. The molecule has 12 heteroatoms. The summed E-state index contributed by atoms with van der Waals surface area (Å²) in [6, 6.07) is 11.2. The SMILES string of the molecule is CCOC(=O)c1ccccc1NC(=O)Nc1nnc(SCc2cc(=O)n3cccc(C)c3n2)s1. The number of urea groups is 1. The van der Waals surface area contributed by atoms with Gasteiger partial charge in [-0.25, -0.2) is 14.6 Å². The number of nitrogens with one attached hydrogen (secondary N) is 2. The molecule has 10 nitrogen and oxygen atoms in total. The molecule has 0 radical (unpaired) electrons. The first-order chi connectivity index (χ1) is 16.4. The third-order valence-corrected chi connectivity index (χ3v) is 6.59. The van der Waals surface area contributed by atoms with Crippen LogP contribution in [0.1, 0.15) is 28.5 Å². The summed E-state index contributed by atoms with van der Waals surface area (Å²) in [7, 11) is 0. The predicted molar refractivity (Wildman–Crippen MR) is 131 cm³/mol. The molecule has 1 aromatic carbocycles. The topological polar surface area (TPSA) is 128 Å². The zero-order valence-electron chi connectivity index (χ0n) is 18.3. The lowest BCUT2D eigenvalue weighted by Crippen LogP contribution is -2.21. The van der Waals surface area contributed by atoms with Gasteiger partial charge < -0.3 is 10.1 Å². The summed E-state index contributed by atoms with van der Waals surface area (Å²) in [5.74, 6) is -0.0986.